The molecule has 1 aliphatic rings. The predicted molar refractivity (Wildman–Crippen MR) is 71.5 cm³/mol. The zero-order valence-corrected chi connectivity index (χ0v) is 11.8. The topological polar surface area (TPSA) is 66.3 Å². The Bertz CT molecular complexity index is 416. The summed E-state index contributed by atoms with van der Waals surface area (Å²) in [7, 11) is 1.97. The quantitative estimate of drug-likeness (QED) is 0.927. The first-order chi connectivity index (χ1) is 8.58. The van der Waals surface area contributed by atoms with Crippen LogP contribution in [0, 0.1) is 5.92 Å². The Morgan fingerprint density at radius 2 is 1.89 bits per heavy atom. The summed E-state index contributed by atoms with van der Waals surface area (Å²) in [6, 6.07) is 0.335. The van der Waals surface area contributed by atoms with Gasteiger partial charge in [-0.2, -0.15) is 0 Å². The third-order valence-electron chi connectivity index (χ3n) is 3.52. The minimum atomic E-state index is -0.670. The van der Waals surface area contributed by atoms with Crippen molar-refractivity contribution in [3.8, 4) is 0 Å². The number of hydrogen-bond donors (Lipinski definition) is 1. The van der Waals surface area contributed by atoms with Crippen LogP contribution in [0.25, 0.3) is 0 Å². The third kappa shape index (κ3) is 2.98. The molecule has 1 heterocycles. The fourth-order valence-electron chi connectivity index (χ4n) is 2.36. The van der Waals surface area contributed by atoms with Gasteiger partial charge < -0.3 is 10.0 Å². The summed E-state index contributed by atoms with van der Waals surface area (Å²) in [5.41, 5.74) is 0. The van der Waals surface area contributed by atoms with Crippen LogP contribution < -0.4 is 4.90 Å². The van der Waals surface area contributed by atoms with E-state index < -0.39 is 5.97 Å². The van der Waals surface area contributed by atoms with Gasteiger partial charge in [0.1, 0.15) is 0 Å². The summed E-state index contributed by atoms with van der Waals surface area (Å²) >= 11 is 3.31. The minimum absolute atomic E-state index is 0.180. The average molecular weight is 314 g/mol. The Labute approximate surface area is 114 Å². The molecule has 0 aromatic carbocycles. The van der Waals surface area contributed by atoms with Crippen LogP contribution in [0.3, 0.4) is 0 Å². The summed E-state index contributed by atoms with van der Waals surface area (Å²) < 4.78 is 0.856. The maximum Gasteiger partial charge on any atom is 0.306 e. The molecule has 0 amide bonds. The Hall–Kier alpha value is -1.17. The number of nitrogens with zero attached hydrogens (tertiary/aromatic N) is 3. The number of anilines is 1. The second-order valence-corrected chi connectivity index (χ2v) is 5.57. The second-order valence-electron chi connectivity index (χ2n) is 4.66. The molecule has 18 heavy (non-hydrogen) atoms. The zero-order chi connectivity index (χ0) is 13.1. The summed E-state index contributed by atoms with van der Waals surface area (Å²) in [5.74, 6) is -0.159. The van der Waals surface area contributed by atoms with Crippen LogP contribution in [-0.4, -0.2) is 34.1 Å². The van der Waals surface area contributed by atoms with Crippen molar-refractivity contribution >= 4 is 27.8 Å². The van der Waals surface area contributed by atoms with Gasteiger partial charge in [0.2, 0.25) is 5.95 Å². The van der Waals surface area contributed by atoms with Crippen molar-refractivity contribution in [1.29, 1.82) is 0 Å². The van der Waals surface area contributed by atoms with E-state index in [2.05, 4.69) is 25.9 Å². The first-order valence-electron chi connectivity index (χ1n) is 6.01. The second kappa shape index (κ2) is 5.65. The minimum Gasteiger partial charge on any atom is -0.481 e. The Kier molecular flexibility index (Phi) is 4.16. The van der Waals surface area contributed by atoms with Crippen molar-refractivity contribution in [3.05, 3.63) is 16.9 Å². The summed E-state index contributed by atoms with van der Waals surface area (Å²) in [5, 5.41) is 8.97. The van der Waals surface area contributed by atoms with Crippen LogP contribution in [0.4, 0.5) is 5.95 Å². The summed E-state index contributed by atoms with van der Waals surface area (Å²) in [6.07, 6.45) is 6.69. The molecule has 0 spiro atoms. The monoisotopic (exact) mass is 313 g/mol. The first kappa shape index (κ1) is 13.3. The summed E-state index contributed by atoms with van der Waals surface area (Å²) in [6.45, 7) is 0. The van der Waals surface area contributed by atoms with Crippen molar-refractivity contribution in [3.63, 3.8) is 0 Å². The first-order valence-corrected chi connectivity index (χ1v) is 6.80. The molecule has 1 fully saturated rings. The molecule has 2 rings (SSSR count). The lowest BCUT2D eigenvalue weighted by atomic mass is 9.85. The lowest BCUT2D eigenvalue weighted by Gasteiger charge is -2.33. The molecule has 1 saturated carbocycles. The van der Waals surface area contributed by atoms with Crippen molar-refractivity contribution in [2.45, 2.75) is 31.7 Å². The van der Waals surface area contributed by atoms with E-state index in [1.54, 1.807) is 12.4 Å². The van der Waals surface area contributed by atoms with Gasteiger partial charge in [-0.1, -0.05) is 0 Å². The molecule has 1 aliphatic carbocycles. The Balaban J connectivity index is 1.97. The molecular weight excluding hydrogens is 298 g/mol. The summed E-state index contributed by atoms with van der Waals surface area (Å²) in [4.78, 5) is 21.5. The number of hydrogen-bond acceptors (Lipinski definition) is 4. The smallest absolute Gasteiger partial charge is 0.306 e. The van der Waals surface area contributed by atoms with Gasteiger partial charge in [-0.15, -0.1) is 0 Å². The lowest BCUT2D eigenvalue weighted by Crippen LogP contribution is -2.37. The fraction of sp³-hybridized carbons (Fsp3) is 0.583. The third-order valence-corrected chi connectivity index (χ3v) is 3.93. The SMILES string of the molecule is CN(c1ncc(Br)cn1)[C@H]1CC[C@H](C(=O)O)CC1. The van der Waals surface area contributed by atoms with Crippen molar-refractivity contribution < 1.29 is 9.90 Å². The number of aromatic nitrogens is 2. The molecule has 6 heteroatoms. The highest BCUT2D eigenvalue weighted by atomic mass is 79.9. The van der Waals surface area contributed by atoms with Crippen molar-refractivity contribution in [1.82, 2.24) is 9.97 Å². The van der Waals surface area contributed by atoms with Crippen LogP contribution in [0.5, 0.6) is 0 Å². The number of halogens is 1. The number of carboxylic acid groups (broad SMARTS) is 1. The maximum atomic E-state index is 10.9. The maximum absolute atomic E-state index is 10.9. The molecule has 0 bridgehead atoms. The van der Waals surface area contributed by atoms with E-state index in [1.807, 2.05) is 11.9 Å². The van der Waals surface area contributed by atoms with Gasteiger partial charge in [-0.25, -0.2) is 9.97 Å². The van der Waals surface area contributed by atoms with E-state index in [0.29, 0.717) is 12.0 Å². The van der Waals surface area contributed by atoms with Crippen LogP contribution in [0.1, 0.15) is 25.7 Å². The lowest BCUT2D eigenvalue weighted by molar-refractivity contribution is -0.142. The Morgan fingerprint density at radius 3 is 2.39 bits per heavy atom. The highest BCUT2D eigenvalue weighted by Crippen LogP contribution is 2.28. The van der Waals surface area contributed by atoms with Gasteiger partial charge in [0, 0.05) is 25.5 Å². The fourth-order valence-corrected chi connectivity index (χ4v) is 2.57. The Morgan fingerprint density at radius 1 is 1.33 bits per heavy atom. The predicted octanol–water partition coefficient (Wildman–Crippen LogP) is 2.32. The van der Waals surface area contributed by atoms with E-state index in [1.165, 1.54) is 0 Å². The number of carbonyl (C=O) groups is 1. The van der Waals surface area contributed by atoms with Crippen molar-refractivity contribution in [2.24, 2.45) is 5.92 Å². The molecule has 1 aromatic rings. The van der Waals surface area contributed by atoms with Gasteiger partial charge in [0.15, 0.2) is 0 Å². The average Bonchev–Trinajstić information content (AvgIpc) is 2.39. The molecule has 1 N–H and O–H groups in total. The van der Waals surface area contributed by atoms with E-state index in [4.69, 9.17) is 5.11 Å². The molecule has 1 aromatic heterocycles. The van der Waals surface area contributed by atoms with E-state index in [9.17, 15) is 4.79 Å². The van der Waals surface area contributed by atoms with Gasteiger partial charge in [-0.05, 0) is 41.6 Å². The molecule has 0 saturated heterocycles. The zero-order valence-electron chi connectivity index (χ0n) is 10.2. The van der Waals surface area contributed by atoms with Gasteiger partial charge in [0.05, 0.1) is 10.4 Å². The van der Waals surface area contributed by atoms with Gasteiger partial charge in [-0.3, -0.25) is 4.79 Å². The van der Waals surface area contributed by atoms with E-state index in [0.717, 1.165) is 30.2 Å². The highest BCUT2D eigenvalue weighted by Gasteiger charge is 2.28. The molecule has 0 aliphatic heterocycles. The molecule has 0 atom stereocenters. The van der Waals surface area contributed by atoms with E-state index >= 15 is 0 Å². The van der Waals surface area contributed by atoms with Crippen molar-refractivity contribution in [2.75, 3.05) is 11.9 Å². The molecule has 5 nitrogen and oxygen atoms in total. The molecular formula is C12H16BrN3O2. The van der Waals surface area contributed by atoms with Crippen LogP contribution >= 0.6 is 15.9 Å². The van der Waals surface area contributed by atoms with Gasteiger partial charge >= 0.3 is 5.97 Å². The molecule has 98 valence electrons. The standard InChI is InChI=1S/C12H16BrN3O2/c1-16(12-14-6-9(13)7-15-12)10-4-2-8(3-5-10)11(17)18/h6-8,10H,2-5H2,1H3,(H,17,18)/t8-,10-. The van der Waals surface area contributed by atoms with Crippen LogP contribution in [0.2, 0.25) is 0 Å². The molecule has 0 radical (unpaired) electrons. The largest absolute Gasteiger partial charge is 0.481 e. The van der Waals surface area contributed by atoms with Crippen LogP contribution in [0.15, 0.2) is 16.9 Å². The highest BCUT2D eigenvalue weighted by molar-refractivity contribution is 9.10. The normalized spacial score (nSPS) is 23.7. The number of carboxylic acids is 1. The molecule has 0 unspecified atom stereocenters. The van der Waals surface area contributed by atoms with E-state index in [-0.39, 0.29) is 5.92 Å². The number of aliphatic carboxylic acids is 1. The van der Waals surface area contributed by atoms with Crippen LogP contribution in [-0.2, 0) is 4.79 Å². The van der Waals surface area contributed by atoms with Gasteiger partial charge in [0.25, 0.3) is 0 Å². The number of rotatable bonds is 3.